The second kappa shape index (κ2) is 8.32. The third-order valence-corrected chi connectivity index (χ3v) is 6.56. The van der Waals surface area contributed by atoms with Crippen LogP contribution in [0.3, 0.4) is 0 Å². The number of carbonyl (C=O) groups excluding carboxylic acids is 2. The molecule has 4 aliphatic rings. The maximum Gasteiger partial charge on any atom is 0.258 e. The molecule has 30 heavy (non-hydrogen) atoms. The second-order valence-corrected chi connectivity index (χ2v) is 9.20. The SMILES string of the molecule is COCC1CCCC(C(=O)NC23CC(NC(=O)COc4ccc(Cl)c(F)c4)(C2)C3)N1. The van der Waals surface area contributed by atoms with Crippen LogP contribution >= 0.6 is 11.6 Å². The van der Waals surface area contributed by atoms with Crippen LogP contribution in [0.5, 0.6) is 5.75 Å². The van der Waals surface area contributed by atoms with Crippen molar-refractivity contribution in [3.8, 4) is 5.75 Å². The van der Waals surface area contributed by atoms with Crippen LogP contribution in [0.1, 0.15) is 38.5 Å². The van der Waals surface area contributed by atoms with E-state index >= 15 is 0 Å². The largest absolute Gasteiger partial charge is 0.484 e. The van der Waals surface area contributed by atoms with E-state index in [2.05, 4.69) is 16.0 Å². The molecule has 0 radical (unpaired) electrons. The first-order valence-corrected chi connectivity index (χ1v) is 10.7. The number of nitrogens with one attached hydrogen (secondary N) is 3. The van der Waals surface area contributed by atoms with E-state index in [1.54, 1.807) is 7.11 Å². The lowest BCUT2D eigenvalue weighted by molar-refractivity contribution is -0.151. The molecule has 1 aromatic rings. The van der Waals surface area contributed by atoms with E-state index in [1.165, 1.54) is 12.1 Å². The molecule has 3 N–H and O–H groups in total. The van der Waals surface area contributed by atoms with Crippen molar-refractivity contribution < 1.29 is 23.5 Å². The molecule has 4 fully saturated rings. The maximum absolute atomic E-state index is 13.4. The number of piperidine rings is 1. The van der Waals surface area contributed by atoms with Crippen LogP contribution in [0, 0.1) is 5.82 Å². The maximum atomic E-state index is 13.4. The van der Waals surface area contributed by atoms with Crippen LogP contribution in [0.2, 0.25) is 5.02 Å². The summed E-state index contributed by atoms with van der Waals surface area (Å²) in [5.74, 6) is -0.572. The lowest BCUT2D eigenvalue weighted by Gasteiger charge is -2.70. The van der Waals surface area contributed by atoms with Crippen LogP contribution < -0.4 is 20.7 Å². The number of benzene rings is 1. The van der Waals surface area contributed by atoms with E-state index in [0.717, 1.165) is 44.6 Å². The van der Waals surface area contributed by atoms with Crippen molar-refractivity contribution in [2.45, 2.75) is 61.7 Å². The highest BCUT2D eigenvalue weighted by Crippen LogP contribution is 2.60. The van der Waals surface area contributed by atoms with Gasteiger partial charge in [0, 0.05) is 30.3 Å². The van der Waals surface area contributed by atoms with Crippen LogP contribution in [0.25, 0.3) is 0 Å². The van der Waals surface area contributed by atoms with Crippen LogP contribution in [0.15, 0.2) is 18.2 Å². The predicted octanol–water partition coefficient (Wildman–Crippen LogP) is 1.92. The van der Waals surface area contributed by atoms with E-state index < -0.39 is 5.82 Å². The Bertz CT molecular complexity index is 815. The quantitative estimate of drug-likeness (QED) is 0.576. The molecular formula is C21H27ClFN3O4. The van der Waals surface area contributed by atoms with Gasteiger partial charge in [0.05, 0.1) is 17.7 Å². The highest BCUT2D eigenvalue weighted by Gasteiger charge is 2.69. The molecule has 1 aliphatic heterocycles. The minimum absolute atomic E-state index is 0.00524. The fourth-order valence-electron chi connectivity index (χ4n) is 5.01. The molecule has 3 saturated carbocycles. The first-order valence-electron chi connectivity index (χ1n) is 10.3. The van der Waals surface area contributed by atoms with Gasteiger partial charge >= 0.3 is 0 Å². The molecule has 2 unspecified atom stereocenters. The first-order chi connectivity index (χ1) is 14.3. The number of ether oxygens (including phenoxy) is 2. The van der Waals surface area contributed by atoms with Crippen molar-refractivity contribution in [3.63, 3.8) is 0 Å². The zero-order chi connectivity index (χ0) is 21.4. The second-order valence-electron chi connectivity index (χ2n) is 8.80. The molecule has 1 heterocycles. The molecule has 0 aromatic heterocycles. The minimum atomic E-state index is -0.590. The lowest BCUT2D eigenvalue weighted by Crippen LogP contribution is -2.84. The number of hydrogen-bond donors (Lipinski definition) is 3. The molecule has 9 heteroatoms. The zero-order valence-electron chi connectivity index (χ0n) is 16.9. The number of carbonyl (C=O) groups is 2. The summed E-state index contributed by atoms with van der Waals surface area (Å²) in [7, 11) is 1.67. The Hall–Kier alpha value is -1.90. The van der Waals surface area contributed by atoms with Gasteiger partial charge in [-0.05, 0) is 50.7 Å². The summed E-state index contributed by atoms with van der Waals surface area (Å²) in [5.41, 5.74) is -0.474. The summed E-state index contributed by atoms with van der Waals surface area (Å²) < 4.78 is 24.0. The summed E-state index contributed by atoms with van der Waals surface area (Å²) in [6.07, 6.45) is 5.02. The molecule has 5 rings (SSSR count). The molecule has 7 nitrogen and oxygen atoms in total. The van der Waals surface area contributed by atoms with Crippen molar-refractivity contribution in [1.82, 2.24) is 16.0 Å². The minimum Gasteiger partial charge on any atom is -0.484 e. The third kappa shape index (κ3) is 4.40. The monoisotopic (exact) mass is 439 g/mol. The Labute approximate surface area is 180 Å². The zero-order valence-corrected chi connectivity index (χ0v) is 17.7. The van der Waals surface area contributed by atoms with Crippen LogP contribution in [-0.4, -0.2) is 55.3 Å². The number of halogens is 2. The van der Waals surface area contributed by atoms with Crippen molar-refractivity contribution in [2.75, 3.05) is 20.3 Å². The summed E-state index contributed by atoms with van der Waals surface area (Å²) >= 11 is 5.63. The average molecular weight is 440 g/mol. The van der Waals surface area contributed by atoms with E-state index in [0.29, 0.717) is 6.61 Å². The Balaban J connectivity index is 1.19. The summed E-state index contributed by atoms with van der Waals surface area (Å²) in [6.45, 7) is 0.407. The highest BCUT2D eigenvalue weighted by atomic mass is 35.5. The van der Waals surface area contributed by atoms with Gasteiger partial charge in [-0.25, -0.2) is 4.39 Å². The normalized spacial score (nSPS) is 31.8. The van der Waals surface area contributed by atoms with Gasteiger partial charge < -0.3 is 25.4 Å². The Morgan fingerprint density at radius 3 is 2.67 bits per heavy atom. The van der Waals surface area contributed by atoms with Gasteiger partial charge in [0.1, 0.15) is 11.6 Å². The molecule has 1 saturated heterocycles. The fraction of sp³-hybridized carbons (Fsp3) is 0.619. The number of amides is 2. The van der Waals surface area contributed by atoms with Crippen molar-refractivity contribution in [2.24, 2.45) is 0 Å². The molecular weight excluding hydrogens is 413 g/mol. The van der Waals surface area contributed by atoms with Crippen molar-refractivity contribution >= 4 is 23.4 Å². The standard InChI is InChI=1S/C21H27ClFN3O4/c1-29-8-13-3-2-4-17(24-13)19(28)26-21-10-20(11-21,12-21)25-18(27)9-30-14-5-6-15(22)16(23)7-14/h5-7,13,17,24H,2-4,8-12H2,1H3,(H,25,27)(H,26,28). The number of methoxy groups -OCH3 is 1. The van der Waals surface area contributed by atoms with Crippen LogP contribution in [0.4, 0.5) is 4.39 Å². The molecule has 1 aromatic carbocycles. The third-order valence-electron chi connectivity index (χ3n) is 6.25. The van der Waals surface area contributed by atoms with E-state index in [9.17, 15) is 14.0 Å². The topological polar surface area (TPSA) is 88.7 Å². The Morgan fingerprint density at radius 2 is 1.97 bits per heavy atom. The Kier molecular flexibility index (Phi) is 5.92. The summed E-state index contributed by atoms with van der Waals surface area (Å²) in [6, 6.07) is 4.08. The molecule has 164 valence electrons. The average Bonchev–Trinajstić information content (AvgIpc) is 2.66. The van der Waals surface area contributed by atoms with Gasteiger partial charge in [-0.1, -0.05) is 11.6 Å². The van der Waals surface area contributed by atoms with E-state index in [-0.39, 0.29) is 52.4 Å². The fourth-order valence-corrected chi connectivity index (χ4v) is 5.13. The van der Waals surface area contributed by atoms with E-state index in [4.69, 9.17) is 21.1 Å². The van der Waals surface area contributed by atoms with Gasteiger partial charge in [-0.15, -0.1) is 0 Å². The van der Waals surface area contributed by atoms with Crippen molar-refractivity contribution in [1.29, 1.82) is 0 Å². The summed E-state index contributed by atoms with van der Waals surface area (Å²) in [5, 5.41) is 9.54. The van der Waals surface area contributed by atoms with E-state index in [1.807, 2.05) is 0 Å². The van der Waals surface area contributed by atoms with Gasteiger partial charge in [0.2, 0.25) is 5.91 Å². The summed E-state index contributed by atoms with van der Waals surface area (Å²) in [4.78, 5) is 24.9. The molecule has 2 bridgehead atoms. The smallest absolute Gasteiger partial charge is 0.258 e. The van der Waals surface area contributed by atoms with Crippen molar-refractivity contribution in [3.05, 3.63) is 29.0 Å². The number of hydrogen-bond acceptors (Lipinski definition) is 5. The lowest BCUT2D eigenvalue weighted by atomic mass is 9.44. The van der Waals surface area contributed by atoms with Gasteiger partial charge in [0.15, 0.2) is 6.61 Å². The first kappa shape index (κ1) is 21.3. The van der Waals surface area contributed by atoms with Crippen LogP contribution in [-0.2, 0) is 14.3 Å². The molecule has 3 aliphatic carbocycles. The predicted molar refractivity (Wildman–Crippen MR) is 109 cm³/mol. The molecule has 2 amide bonds. The Morgan fingerprint density at radius 1 is 1.23 bits per heavy atom. The molecule has 2 atom stereocenters. The highest BCUT2D eigenvalue weighted by molar-refractivity contribution is 6.30. The van der Waals surface area contributed by atoms with Gasteiger partial charge in [-0.3, -0.25) is 9.59 Å². The van der Waals surface area contributed by atoms with Gasteiger partial charge in [-0.2, -0.15) is 0 Å². The molecule has 0 spiro atoms. The number of rotatable bonds is 8. The van der Waals surface area contributed by atoms with Gasteiger partial charge in [0.25, 0.3) is 5.91 Å².